The maximum Gasteiger partial charge on any atom is 0.324 e. The van der Waals surface area contributed by atoms with Gasteiger partial charge in [-0.2, -0.15) is 0 Å². The summed E-state index contributed by atoms with van der Waals surface area (Å²) in [5.74, 6) is -0.613. The van der Waals surface area contributed by atoms with E-state index in [0.717, 1.165) is 24.2 Å². The van der Waals surface area contributed by atoms with Crippen molar-refractivity contribution in [2.24, 2.45) is 11.7 Å². The largest absolute Gasteiger partial charge is 0.355 e. The minimum Gasteiger partial charge on any atom is -0.355 e. The van der Waals surface area contributed by atoms with Gasteiger partial charge in [-0.15, -0.1) is 0 Å². The SMILES string of the molecule is NCCNC(=O)C1CCCN(C(=O)c2csc([N+](=O)[O-])c2)C1. The van der Waals surface area contributed by atoms with Gasteiger partial charge in [0.1, 0.15) is 0 Å². The summed E-state index contributed by atoms with van der Waals surface area (Å²) in [5.41, 5.74) is 5.66. The van der Waals surface area contributed by atoms with Crippen molar-refractivity contribution in [3.8, 4) is 0 Å². The quantitative estimate of drug-likeness (QED) is 0.606. The van der Waals surface area contributed by atoms with Crippen molar-refractivity contribution in [1.29, 1.82) is 0 Å². The zero-order valence-corrected chi connectivity index (χ0v) is 12.8. The number of amides is 2. The van der Waals surface area contributed by atoms with E-state index in [1.54, 1.807) is 4.90 Å². The number of carbonyl (C=O) groups is 2. The van der Waals surface area contributed by atoms with Crippen LogP contribution >= 0.6 is 11.3 Å². The van der Waals surface area contributed by atoms with Crippen molar-refractivity contribution < 1.29 is 14.5 Å². The highest BCUT2D eigenvalue weighted by atomic mass is 32.1. The third kappa shape index (κ3) is 3.80. The Morgan fingerprint density at radius 2 is 2.32 bits per heavy atom. The first-order valence-corrected chi connectivity index (χ1v) is 7.91. The van der Waals surface area contributed by atoms with Crippen molar-refractivity contribution in [1.82, 2.24) is 10.2 Å². The minimum atomic E-state index is -0.513. The molecule has 9 heteroatoms. The molecule has 1 aromatic rings. The topological polar surface area (TPSA) is 119 Å². The molecular formula is C13H18N4O4S. The molecule has 2 amide bonds. The van der Waals surface area contributed by atoms with Crippen LogP contribution in [0.1, 0.15) is 23.2 Å². The normalized spacial score (nSPS) is 18.0. The molecule has 0 radical (unpaired) electrons. The Morgan fingerprint density at radius 3 is 2.95 bits per heavy atom. The summed E-state index contributed by atoms with van der Waals surface area (Å²) >= 11 is 0.928. The van der Waals surface area contributed by atoms with E-state index in [0.29, 0.717) is 31.7 Å². The highest BCUT2D eigenvalue weighted by Crippen LogP contribution is 2.25. The Hall–Kier alpha value is -2.00. The highest BCUT2D eigenvalue weighted by molar-refractivity contribution is 7.13. The fourth-order valence-corrected chi connectivity index (χ4v) is 3.13. The van der Waals surface area contributed by atoms with E-state index >= 15 is 0 Å². The van der Waals surface area contributed by atoms with E-state index in [4.69, 9.17) is 5.73 Å². The summed E-state index contributed by atoms with van der Waals surface area (Å²) in [4.78, 5) is 36.1. The van der Waals surface area contributed by atoms with E-state index in [-0.39, 0.29) is 22.7 Å². The lowest BCUT2D eigenvalue weighted by molar-refractivity contribution is -0.380. The lowest BCUT2D eigenvalue weighted by Crippen LogP contribution is -2.46. The summed E-state index contributed by atoms with van der Waals surface area (Å²) in [5, 5.41) is 14.8. The molecule has 1 aliphatic rings. The van der Waals surface area contributed by atoms with Crippen LogP contribution in [0.5, 0.6) is 0 Å². The number of nitro groups is 1. The van der Waals surface area contributed by atoms with Gasteiger partial charge in [-0.25, -0.2) is 0 Å². The number of thiophene rings is 1. The van der Waals surface area contributed by atoms with Crippen LogP contribution in [0.3, 0.4) is 0 Å². The highest BCUT2D eigenvalue weighted by Gasteiger charge is 2.29. The summed E-state index contributed by atoms with van der Waals surface area (Å²) < 4.78 is 0. The monoisotopic (exact) mass is 326 g/mol. The Bertz CT molecular complexity index is 574. The van der Waals surface area contributed by atoms with E-state index in [9.17, 15) is 19.7 Å². The first-order valence-electron chi connectivity index (χ1n) is 7.03. The number of carbonyl (C=O) groups excluding carboxylic acids is 2. The van der Waals surface area contributed by atoms with Gasteiger partial charge in [0, 0.05) is 37.6 Å². The zero-order valence-electron chi connectivity index (χ0n) is 12.0. The van der Waals surface area contributed by atoms with Crippen LogP contribution in [-0.2, 0) is 4.79 Å². The molecule has 3 N–H and O–H groups in total. The number of likely N-dealkylation sites (tertiary alicyclic amines) is 1. The summed E-state index contributed by atoms with van der Waals surface area (Å²) in [6.07, 6.45) is 1.46. The third-order valence-corrected chi connectivity index (χ3v) is 4.42. The molecule has 0 aliphatic carbocycles. The Morgan fingerprint density at radius 1 is 1.55 bits per heavy atom. The van der Waals surface area contributed by atoms with Gasteiger partial charge in [0.25, 0.3) is 5.91 Å². The maximum absolute atomic E-state index is 12.4. The third-order valence-electron chi connectivity index (χ3n) is 3.54. The molecule has 1 unspecified atom stereocenters. The number of nitrogens with one attached hydrogen (secondary N) is 1. The second-order valence-electron chi connectivity index (χ2n) is 5.10. The van der Waals surface area contributed by atoms with Gasteiger partial charge in [-0.1, -0.05) is 11.3 Å². The van der Waals surface area contributed by atoms with E-state index in [1.165, 1.54) is 11.4 Å². The Labute approximate surface area is 131 Å². The number of piperidine rings is 1. The van der Waals surface area contributed by atoms with Gasteiger partial charge < -0.3 is 16.0 Å². The van der Waals surface area contributed by atoms with Crippen LogP contribution in [0.15, 0.2) is 11.4 Å². The molecule has 0 saturated carbocycles. The number of hydrogen-bond acceptors (Lipinski definition) is 6. The number of nitrogens with zero attached hydrogens (tertiary/aromatic N) is 2. The number of hydrogen-bond donors (Lipinski definition) is 2. The van der Waals surface area contributed by atoms with Crippen LogP contribution in [0.4, 0.5) is 5.00 Å². The van der Waals surface area contributed by atoms with Crippen molar-refractivity contribution in [2.75, 3.05) is 26.2 Å². The van der Waals surface area contributed by atoms with Crippen LogP contribution in [-0.4, -0.2) is 47.8 Å². The molecule has 0 spiro atoms. The van der Waals surface area contributed by atoms with Crippen LogP contribution < -0.4 is 11.1 Å². The Balaban J connectivity index is 2.00. The fourth-order valence-electron chi connectivity index (χ4n) is 2.43. The molecular weight excluding hydrogens is 308 g/mol. The average molecular weight is 326 g/mol. The minimum absolute atomic E-state index is 0.0578. The summed E-state index contributed by atoms with van der Waals surface area (Å²) in [7, 11) is 0. The Kier molecular flexibility index (Phi) is 5.45. The van der Waals surface area contributed by atoms with Crippen LogP contribution in [0.2, 0.25) is 0 Å². The summed E-state index contributed by atoms with van der Waals surface area (Å²) in [6, 6.07) is 1.28. The second-order valence-corrected chi connectivity index (χ2v) is 5.99. The van der Waals surface area contributed by atoms with E-state index in [1.807, 2.05) is 0 Å². The van der Waals surface area contributed by atoms with Crippen molar-refractivity contribution in [3.05, 3.63) is 27.1 Å². The van der Waals surface area contributed by atoms with Crippen molar-refractivity contribution in [2.45, 2.75) is 12.8 Å². The van der Waals surface area contributed by atoms with E-state index in [2.05, 4.69) is 5.32 Å². The predicted molar refractivity (Wildman–Crippen MR) is 81.7 cm³/mol. The molecule has 1 saturated heterocycles. The number of nitrogens with two attached hydrogens (primary N) is 1. The summed E-state index contributed by atoms with van der Waals surface area (Å²) in [6.45, 7) is 1.68. The van der Waals surface area contributed by atoms with Crippen LogP contribution in [0.25, 0.3) is 0 Å². The lowest BCUT2D eigenvalue weighted by atomic mass is 9.96. The van der Waals surface area contributed by atoms with Gasteiger partial charge in [-0.05, 0) is 12.8 Å². The number of rotatable bonds is 5. The van der Waals surface area contributed by atoms with Gasteiger partial charge >= 0.3 is 5.00 Å². The molecule has 2 heterocycles. The van der Waals surface area contributed by atoms with Gasteiger partial charge in [-0.3, -0.25) is 19.7 Å². The predicted octanol–water partition coefficient (Wildman–Crippen LogP) is 0.583. The van der Waals surface area contributed by atoms with Gasteiger partial charge in [0.2, 0.25) is 5.91 Å². The second kappa shape index (κ2) is 7.32. The molecule has 1 aliphatic heterocycles. The molecule has 2 rings (SSSR count). The van der Waals surface area contributed by atoms with Gasteiger partial charge in [0.05, 0.1) is 16.4 Å². The first kappa shape index (κ1) is 16.4. The molecule has 1 atom stereocenters. The smallest absolute Gasteiger partial charge is 0.324 e. The zero-order chi connectivity index (χ0) is 16.1. The van der Waals surface area contributed by atoms with Crippen molar-refractivity contribution in [3.63, 3.8) is 0 Å². The average Bonchev–Trinajstić information content (AvgIpc) is 3.02. The fraction of sp³-hybridized carbons (Fsp3) is 0.538. The standard InChI is InChI=1S/C13H18N4O4S/c14-3-4-15-12(18)9-2-1-5-16(7-9)13(19)10-6-11(17(20)21)22-8-10/h6,8-9H,1-5,7,14H2,(H,15,18). The maximum atomic E-state index is 12.4. The van der Waals surface area contributed by atoms with E-state index < -0.39 is 4.92 Å². The first-order chi connectivity index (χ1) is 10.5. The molecule has 0 bridgehead atoms. The van der Waals surface area contributed by atoms with Crippen molar-refractivity contribution >= 4 is 28.2 Å². The van der Waals surface area contributed by atoms with Gasteiger partial charge in [0.15, 0.2) is 0 Å². The molecule has 1 aromatic heterocycles. The lowest BCUT2D eigenvalue weighted by Gasteiger charge is -2.31. The van der Waals surface area contributed by atoms with Crippen LogP contribution in [0, 0.1) is 16.0 Å². The molecule has 1 fully saturated rings. The molecule has 8 nitrogen and oxygen atoms in total. The molecule has 22 heavy (non-hydrogen) atoms. The molecule has 120 valence electrons. The molecule has 0 aromatic carbocycles.